The van der Waals surface area contributed by atoms with E-state index in [0.29, 0.717) is 22.3 Å². The van der Waals surface area contributed by atoms with Gasteiger partial charge in [0.25, 0.3) is 0 Å². The first-order valence-electron chi connectivity index (χ1n) is 6.06. The Balaban J connectivity index is 2.51. The van der Waals surface area contributed by atoms with Gasteiger partial charge in [-0.05, 0) is 39.2 Å². The van der Waals surface area contributed by atoms with Gasteiger partial charge < -0.3 is 20.6 Å². The molecule has 0 aliphatic heterocycles. The van der Waals surface area contributed by atoms with E-state index in [1.807, 2.05) is 19.0 Å². The maximum Gasteiger partial charge on any atom is 0.319 e. The second kappa shape index (κ2) is 7.13. The fourth-order valence-corrected chi connectivity index (χ4v) is 2.34. The molecule has 1 aromatic rings. The minimum Gasteiger partial charge on any atom is -0.387 e. The Bertz CT molecular complexity index is 458. The predicted molar refractivity (Wildman–Crippen MR) is 82.7 cm³/mol. The Labute approximate surface area is 128 Å². The highest BCUT2D eigenvalue weighted by Gasteiger charge is 2.22. The molecule has 3 N–H and O–H groups in total. The molecular weight excluding hydrogens is 301 g/mol. The van der Waals surface area contributed by atoms with Crippen LogP contribution in [0.25, 0.3) is 0 Å². The first-order valence-corrected chi connectivity index (χ1v) is 6.81. The molecular formula is C13H19Cl2N3O2. The number of halogens is 2. The third-order valence-electron chi connectivity index (χ3n) is 2.41. The molecule has 1 unspecified atom stereocenters. The zero-order valence-electron chi connectivity index (χ0n) is 11.7. The van der Waals surface area contributed by atoms with Gasteiger partial charge in [0.2, 0.25) is 0 Å². The van der Waals surface area contributed by atoms with Crippen LogP contribution < -0.4 is 10.6 Å². The van der Waals surface area contributed by atoms with E-state index in [-0.39, 0.29) is 6.54 Å². The smallest absolute Gasteiger partial charge is 0.319 e. The van der Waals surface area contributed by atoms with E-state index in [2.05, 4.69) is 10.6 Å². The van der Waals surface area contributed by atoms with E-state index >= 15 is 0 Å². The largest absolute Gasteiger partial charge is 0.387 e. The summed E-state index contributed by atoms with van der Waals surface area (Å²) in [5.41, 5.74) is -0.514. The van der Waals surface area contributed by atoms with E-state index in [1.165, 1.54) is 0 Å². The van der Waals surface area contributed by atoms with Crippen molar-refractivity contribution < 1.29 is 9.90 Å². The molecule has 0 saturated heterocycles. The summed E-state index contributed by atoms with van der Waals surface area (Å²) in [5.74, 6) is 0. The van der Waals surface area contributed by atoms with Crippen molar-refractivity contribution in [2.24, 2.45) is 0 Å². The quantitative estimate of drug-likeness (QED) is 0.781. The summed E-state index contributed by atoms with van der Waals surface area (Å²) in [6.07, 6.45) is 0. The lowest BCUT2D eigenvalue weighted by molar-refractivity contribution is 0.0364. The van der Waals surface area contributed by atoms with Crippen LogP contribution >= 0.6 is 23.2 Å². The second-order valence-corrected chi connectivity index (χ2v) is 6.07. The summed E-state index contributed by atoms with van der Waals surface area (Å²) in [6, 6.07) is 4.33. The molecule has 0 aliphatic rings. The lowest BCUT2D eigenvalue weighted by atomic mass is 10.1. The molecule has 0 spiro atoms. The molecule has 0 saturated carbocycles. The average Bonchev–Trinajstić information content (AvgIpc) is 2.23. The number of nitrogens with zero attached hydrogens (tertiary/aromatic N) is 1. The SMILES string of the molecule is CN(C)CC(C)(O)CNC(=O)Nc1cc(Cl)cc(Cl)c1. The van der Waals surface area contributed by atoms with Crippen molar-refractivity contribution in [1.82, 2.24) is 10.2 Å². The third-order valence-corrected chi connectivity index (χ3v) is 2.84. The number of aliphatic hydroxyl groups is 1. The second-order valence-electron chi connectivity index (χ2n) is 5.20. The highest BCUT2D eigenvalue weighted by molar-refractivity contribution is 6.35. The first-order chi connectivity index (χ1) is 9.18. The number of nitrogens with one attached hydrogen (secondary N) is 2. The molecule has 5 nitrogen and oxygen atoms in total. The zero-order valence-corrected chi connectivity index (χ0v) is 13.2. The van der Waals surface area contributed by atoms with Crippen molar-refractivity contribution >= 4 is 34.9 Å². The number of amides is 2. The normalized spacial score (nSPS) is 13.9. The first kappa shape index (κ1) is 17.0. The van der Waals surface area contributed by atoms with Gasteiger partial charge in [-0.2, -0.15) is 0 Å². The van der Waals surface area contributed by atoms with Gasteiger partial charge in [-0.3, -0.25) is 0 Å². The Hall–Kier alpha value is -1.01. The number of hydrogen-bond acceptors (Lipinski definition) is 3. The van der Waals surface area contributed by atoms with Gasteiger partial charge in [0.1, 0.15) is 0 Å². The predicted octanol–water partition coefficient (Wildman–Crippen LogP) is 2.43. The Kier molecular flexibility index (Phi) is 6.07. The van der Waals surface area contributed by atoms with Crippen molar-refractivity contribution in [2.75, 3.05) is 32.5 Å². The van der Waals surface area contributed by atoms with Crippen molar-refractivity contribution in [3.8, 4) is 0 Å². The molecule has 0 heterocycles. The van der Waals surface area contributed by atoms with Crippen LogP contribution in [-0.2, 0) is 0 Å². The summed E-state index contributed by atoms with van der Waals surface area (Å²) >= 11 is 11.7. The minimum absolute atomic E-state index is 0.130. The molecule has 0 radical (unpaired) electrons. The zero-order chi connectivity index (χ0) is 15.3. The molecule has 1 aromatic carbocycles. The van der Waals surface area contributed by atoms with Gasteiger partial charge in [-0.1, -0.05) is 23.2 Å². The Morgan fingerprint density at radius 1 is 1.30 bits per heavy atom. The molecule has 0 bridgehead atoms. The molecule has 0 fully saturated rings. The van der Waals surface area contributed by atoms with Crippen LogP contribution in [0, 0.1) is 0 Å². The van der Waals surface area contributed by atoms with Gasteiger partial charge in [-0.15, -0.1) is 0 Å². The maximum atomic E-state index is 11.7. The van der Waals surface area contributed by atoms with Gasteiger partial charge in [-0.25, -0.2) is 4.79 Å². The maximum absolute atomic E-state index is 11.7. The Morgan fingerprint density at radius 2 is 1.85 bits per heavy atom. The van der Waals surface area contributed by atoms with E-state index in [9.17, 15) is 9.90 Å². The van der Waals surface area contributed by atoms with Crippen molar-refractivity contribution in [2.45, 2.75) is 12.5 Å². The highest BCUT2D eigenvalue weighted by atomic mass is 35.5. The molecule has 1 rings (SSSR count). The fourth-order valence-electron chi connectivity index (χ4n) is 1.81. The lowest BCUT2D eigenvalue weighted by Crippen LogP contribution is -2.48. The summed E-state index contributed by atoms with van der Waals surface area (Å²) in [5, 5.41) is 16.1. The van der Waals surface area contributed by atoms with E-state index < -0.39 is 11.6 Å². The van der Waals surface area contributed by atoms with Crippen LogP contribution in [0.3, 0.4) is 0 Å². The van der Waals surface area contributed by atoms with Gasteiger partial charge in [0, 0.05) is 28.8 Å². The molecule has 0 aliphatic carbocycles. The van der Waals surface area contributed by atoms with E-state index in [1.54, 1.807) is 25.1 Å². The summed E-state index contributed by atoms with van der Waals surface area (Å²) in [4.78, 5) is 13.6. The topological polar surface area (TPSA) is 64.6 Å². The summed E-state index contributed by atoms with van der Waals surface area (Å²) in [6.45, 7) is 2.23. The van der Waals surface area contributed by atoms with E-state index in [4.69, 9.17) is 23.2 Å². The number of hydrogen-bond donors (Lipinski definition) is 3. The number of likely N-dealkylation sites (N-methyl/N-ethyl adjacent to an activating group) is 1. The van der Waals surface area contributed by atoms with Crippen LogP contribution in [0.1, 0.15) is 6.92 Å². The number of benzene rings is 1. The van der Waals surface area contributed by atoms with Gasteiger partial charge >= 0.3 is 6.03 Å². The number of anilines is 1. The number of rotatable bonds is 5. The van der Waals surface area contributed by atoms with E-state index in [0.717, 1.165) is 0 Å². The standard InChI is InChI=1S/C13H19Cl2N3O2/c1-13(20,8-18(2)3)7-16-12(19)17-11-5-9(14)4-10(15)6-11/h4-6,20H,7-8H2,1-3H3,(H2,16,17,19). The number of urea groups is 1. The van der Waals surface area contributed by atoms with Crippen LogP contribution in [-0.4, -0.2) is 48.8 Å². The highest BCUT2D eigenvalue weighted by Crippen LogP contribution is 2.22. The Morgan fingerprint density at radius 3 is 2.35 bits per heavy atom. The van der Waals surface area contributed by atoms with Crippen LogP contribution in [0.4, 0.5) is 10.5 Å². The summed E-state index contributed by atoms with van der Waals surface area (Å²) < 4.78 is 0. The third kappa shape index (κ3) is 6.43. The molecule has 112 valence electrons. The number of carbonyl (C=O) groups is 1. The molecule has 2 amide bonds. The van der Waals surface area contributed by atoms with Gasteiger partial charge in [0.15, 0.2) is 0 Å². The number of carbonyl (C=O) groups excluding carboxylic acids is 1. The van der Waals surface area contributed by atoms with Crippen molar-refractivity contribution in [1.29, 1.82) is 0 Å². The van der Waals surface area contributed by atoms with Crippen LogP contribution in [0.15, 0.2) is 18.2 Å². The lowest BCUT2D eigenvalue weighted by Gasteiger charge is -2.27. The molecule has 20 heavy (non-hydrogen) atoms. The van der Waals surface area contributed by atoms with Crippen LogP contribution in [0.5, 0.6) is 0 Å². The molecule has 7 heteroatoms. The average molecular weight is 320 g/mol. The molecule has 1 atom stereocenters. The summed E-state index contributed by atoms with van der Waals surface area (Å²) in [7, 11) is 3.70. The fraction of sp³-hybridized carbons (Fsp3) is 0.462. The van der Waals surface area contributed by atoms with Crippen LogP contribution in [0.2, 0.25) is 10.0 Å². The van der Waals surface area contributed by atoms with Gasteiger partial charge in [0.05, 0.1) is 5.60 Å². The monoisotopic (exact) mass is 319 g/mol. The van der Waals surface area contributed by atoms with Crippen molar-refractivity contribution in [3.05, 3.63) is 28.2 Å². The van der Waals surface area contributed by atoms with Crippen molar-refractivity contribution in [3.63, 3.8) is 0 Å². The minimum atomic E-state index is -1.01. The molecule has 0 aromatic heterocycles.